The lowest BCUT2D eigenvalue weighted by Crippen LogP contribution is -2.45. The number of amides is 1. The van der Waals surface area contributed by atoms with Crippen LogP contribution in [-0.2, 0) is 0 Å². The largest absolute Gasteiger partial charge is 0.365 e. The maximum Gasteiger partial charge on any atom is 0.254 e. The number of pyridine rings is 2. The minimum atomic E-state index is -0.356. The van der Waals surface area contributed by atoms with Crippen LogP contribution in [0, 0.1) is 0 Å². The van der Waals surface area contributed by atoms with Crippen molar-refractivity contribution in [1.82, 2.24) is 20.6 Å². The van der Waals surface area contributed by atoms with Gasteiger partial charge < -0.3 is 10.6 Å². The summed E-state index contributed by atoms with van der Waals surface area (Å²) in [7, 11) is 0. The van der Waals surface area contributed by atoms with Crippen LogP contribution in [0.1, 0.15) is 16.1 Å². The Hall–Kier alpha value is -3.02. The van der Waals surface area contributed by atoms with Gasteiger partial charge in [-0.15, -0.1) is 0 Å². The highest BCUT2D eigenvalue weighted by atomic mass is 16.1. The second-order valence-electron chi connectivity index (χ2n) is 4.38. The first-order valence-electron chi connectivity index (χ1n) is 6.45. The summed E-state index contributed by atoms with van der Waals surface area (Å²) in [5.74, 6) is -0.207. The first kappa shape index (κ1) is 13.0. The molecule has 0 saturated carbocycles. The van der Waals surface area contributed by atoms with E-state index in [0.717, 1.165) is 11.4 Å². The average molecular weight is 279 g/mol. The van der Waals surface area contributed by atoms with E-state index in [-0.39, 0.29) is 12.1 Å². The monoisotopic (exact) mass is 279 g/mol. The summed E-state index contributed by atoms with van der Waals surface area (Å²) < 4.78 is 0. The predicted molar refractivity (Wildman–Crippen MR) is 79.3 cm³/mol. The van der Waals surface area contributed by atoms with E-state index in [9.17, 15) is 4.79 Å². The highest BCUT2D eigenvalue weighted by molar-refractivity contribution is 5.96. The maximum absolute atomic E-state index is 12.0. The van der Waals surface area contributed by atoms with E-state index in [1.165, 1.54) is 6.20 Å². The van der Waals surface area contributed by atoms with Gasteiger partial charge in [-0.25, -0.2) is 0 Å². The Kier molecular flexibility index (Phi) is 3.68. The molecule has 2 aromatic heterocycles. The minimum Gasteiger partial charge on any atom is -0.365 e. The first-order chi connectivity index (χ1) is 10.3. The van der Waals surface area contributed by atoms with Crippen LogP contribution in [0.2, 0.25) is 0 Å². The second kappa shape index (κ2) is 5.96. The third kappa shape index (κ3) is 3.11. The van der Waals surface area contributed by atoms with Crippen molar-refractivity contribution in [2.45, 2.75) is 6.17 Å². The summed E-state index contributed by atoms with van der Waals surface area (Å²) in [6, 6.07) is 9.04. The van der Waals surface area contributed by atoms with Gasteiger partial charge in [-0.2, -0.15) is 0 Å². The molecule has 0 aliphatic carbocycles. The Morgan fingerprint density at radius 3 is 2.81 bits per heavy atom. The number of carbonyl (C=O) groups excluding carboxylic acids is 1. The number of nitrogens with one attached hydrogen (secondary N) is 2. The summed E-state index contributed by atoms with van der Waals surface area (Å²) in [6.07, 6.45) is 7.87. The fraction of sp³-hybridized carbons (Fsp3) is 0.0667. The molecule has 3 rings (SSSR count). The average Bonchev–Trinajstić information content (AvgIpc) is 2.57. The Balaban J connectivity index is 1.63. The molecule has 0 radical (unpaired) electrons. The molecule has 1 amide bonds. The van der Waals surface area contributed by atoms with Crippen molar-refractivity contribution in [3.63, 3.8) is 0 Å². The molecular weight excluding hydrogens is 266 g/mol. The molecule has 0 aromatic carbocycles. The van der Waals surface area contributed by atoms with Crippen LogP contribution < -0.4 is 10.6 Å². The smallest absolute Gasteiger partial charge is 0.254 e. The number of nitrogens with zero attached hydrogens (tertiary/aromatic N) is 3. The molecule has 1 unspecified atom stereocenters. The fourth-order valence-corrected chi connectivity index (χ4v) is 1.86. The van der Waals surface area contributed by atoms with Crippen LogP contribution in [0.4, 0.5) is 0 Å². The highest BCUT2D eigenvalue weighted by Gasteiger charge is 2.14. The number of hydrogen-bond acceptors (Lipinski definition) is 5. The summed E-state index contributed by atoms with van der Waals surface area (Å²) in [6.45, 7) is 0. The van der Waals surface area contributed by atoms with Crippen LogP contribution in [-0.4, -0.2) is 28.3 Å². The highest BCUT2D eigenvalue weighted by Crippen LogP contribution is 2.13. The SMILES string of the molecule is O=C(NC1C=NC(c2ccccn2)=CN1)c1cccnc1. The van der Waals surface area contributed by atoms with Gasteiger partial charge in [-0.1, -0.05) is 6.07 Å². The van der Waals surface area contributed by atoms with Crippen LogP contribution in [0.25, 0.3) is 5.70 Å². The van der Waals surface area contributed by atoms with E-state index in [0.29, 0.717) is 5.56 Å². The molecule has 1 aliphatic rings. The predicted octanol–water partition coefficient (Wildman–Crippen LogP) is 1.21. The zero-order chi connectivity index (χ0) is 14.5. The third-order valence-corrected chi connectivity index (χ3v) is 2.90. The van der Waals surface area contributed by atoms with Gasteiger partial charge in [0.15, 0.2) is 0 Å². The summed E-state index contributed by atoms with van der Waals surface area (Å²) in [5, 5.41) is 5.87. The van der Waals surface area contributed by atoms with Crippen LogP contribution >= 0.6 is 0 Å². The van der Waals surface area contributed by atoms with Crippen LogP contribution in [0.3, 0.4) is 0 Å². The van der Waals surface area contributed by atoms with E-state index < -0.39 is 0 Å². The van der Waals surface area contributed by atoms with Crippen molar-refractivity contribution in [3.8, 4) is 0 Å². The number of carbonyl (C=O) groups is 1. The van der Waals surface area contributed by atoms with Crippen LogP contribution in [0.15, 0.2) is 60.1 Å². The Morgan fingerprint density at radius 1 is 1.19 bits per heavy atom. The molecular formula is C15H13N5O. The van der Waals surface area contributed by atoms with Crippen molar-refractivity contribution in [1.29, 1.82) is 0 Å². The van der Waals surface area contributed by atoms with Gasteiger partial charge in [0.25, 0.3) is 5.91 Å². The molecule has 0 spiro atoms. The standard InChI is InChI=1S/C15H13N5O/c21-15(11-4-3-6-16-8-11)20-14-10-18-13(9-19-14)12-5-1-2-7-17-12/h1-10,14,19H,(H,20,21). The van der Waals surface area contributed by atoms with E-state index in [4.69, 9.17) is 0 Å². The lowest BCUT2D eigenvalue weighted by molar-refractivity contribution is 0.0944. The van der Waals surface area contributed by atoms with E-state index in [1.54, 1.807) is 36.9 Å². The summed E-state index contributed by atoms with van der Waals surface area (Å²) >= 11 is 0. The van der Waals surface area contributed by atoms with Crippen LogP contribution in [0.5, 0.6) is 0 Å². The lowest BCUT2D eigenvalue weighted by atomic mass is 10.2. The third-order valence-electron chi connectivity index (χ3n) is 2.90. The van der Waals surface area contributed by atoms with Gasteiger partial charge in [0.05, 0.1) is 11.3 Å². The number of aromatic nitrogens is 2. The fourth-order valence-electron chi connectivity index (χ4n) is 1.86. The maximum atomic E-state index is 12.0. The molecule has 3 heterocycles. The topological polar surface area (TPSA) is 79.3 Å². The molecule has 6 nitrogen and oxygen atoms in total. The zero-order valence-corrected chi connectivity index (χ0v) is 11.1. The molecule has 0 fully saturated rings. The molecule has 0 saturated heterocycles. The molecule has 1 aliphatic heterocycles. The quantitative estimate of drug-likeness (QED) is 0.885. The van der Waals surface area contributed by atoms with Gasteiger partial charge in [-0.3, -0.25) is 19.8 Å². The van der Waals surface area contributed by atoms with E-state index in [2.05, 4.69) is 25.6 Å². The first-order valence-corrected chi connectivity index (χ1v) is 6.45. The van der Waals surface area contributed by atoms with Crippen molar-refractivity contribution >= 4 is 17.8 Å². The van der Waals surface area contributed by atoms with Gasteiger partial charge in [0.2, 0.25) is 0 Å². The van der Waals surface area contributed by atoms with Crippen molar-refractivity contribution < 1.29 is 4.79 Å². The number of hydrogen-bond donors (Lipinski definition) is 2. The molecule has 2 N–H and O–H groups in total. The van der Waals surface area contributed by atoms with E-state index in [1.807, 2.05) is 18.2 Å². The second-order valence-corrected chi connectivity index (χ2v) is 4.38. The molecule has 21 heavy (non-hydrogen) atoms. The summed E-state index contributed by atoms with van der Waals surface area (Å²) in [4.78, 5) is 24.4. The van der Waals surface area contributed by atoms with Crippen molar-refractivity contribution in [2.24, 2.45) is 4.99 Å². The lowest BCUT2D eigenvalue weighted by Gasteiger charge is -2.18. The van der Waals surface area contributed by atoms with Crippen molar-refractivity contribution in [3.05, 3.63) is 66.4 Å². The normalized spacial score (nSPS) is 16.8. The van der Waals surface area contributed by atoms with Gasteiger partial charge in [0, 0.05) is 31.0 Å². The number of aliphatic imine (C=N–C) groups is 1. The summed E-state index contributed by atoms with van der Waals surface area (Å²) in [5.41, 5.74) is 2.01. The molecule has 104 valence electrons. The van der Waals surface area contributed by atoms with Gasteiger partial charge in [-0.05, 0) is 24.3 Å². The molecule has 2 aromatic rings. The molecule has 6 heteroatoms. The Morgan fingerprint density at radius 2 is 2.14 bits per heavy atom. The van der Waals surface area contributed by atoms with E-state index >= 15 is 0 Å². The van der Waals surface area contributed by atoms with Crippen molar-refractivity contribution in [2.75, 3.05) is 0 Å². The Bertz CT molecular complexity index is 682. The van der Waals surface area contributed by atoms with Gasteiger partial charge >= 0.3 is 0 Å². The number of rotatable bonds is 3. The Labute approximate surface area is 121 Å². The zero-order valence-electron chi connectivity index (χ0n) is 11.1. The molecule has 0 bridgehead atoms. The van der Waals surface area contributed by atoms with Gasteiger partial charge in [0.1, 0.15) is 11.9 Å². The molecule has 1 atom stereocenters. The minimum absolute atomic E-state index is 0.207.